The summed E-state index contributed by atoms with van der Waals surface area (Å²) in [6.45, 7) is 1.92. The van der Waals surface area contributed by atoms with Gasteiger partial charge in [-0.05, 0) is 18.6 Å². The summed E-state index contributed by atoms with van der Waals surface area (Å²) in [4.78, 5) is 18.7. The highest BCUT2D eigenvalue weighted by Gasteiger charge is 2.16. The van der Waals surface area contributed by atoms with E-state index in [1.165, 1.54) is 7.11 Å². The molecule has 1 heterocycles. The first-order valence-electron chi connectivity index (χ1n) is 6.23. The molecule has 0 atom stereocenters. The maximum atomic E-state index is 12.0. The summed E-state index contributed by atoms with van der Waals surface area (Å²) in [7, 11) is 1.50. The van der Waals surface area contributed by atoms with Crippen molar-refractivity contribution >= 4 is 11.6 Å². The van der Waals surface area contributed by atoms with Gasteiger partial charge in [-0.2, -0.15) is 4.98 Å². The van der Waals surface area contributed by atoms with Crippen LogP contribution in [0, 0.1) is 0 Å². The summed E-state index contributed by atoms with van der Waals surface area (Å²) < 4.78 is 5.21. The molecular weight excluding hydrogens is 280 g/mol. The molecule has 1 aromatic carbocycles. The van der Waals surface area contributed by atoms with Crippen LogP contribution in [-0.4, -0.2) is 22.2 Å². The molecule has 0 amide bonds. The maximum absolute atomic E-state index is 12.0. The number of aromatic amines is 1. The Balaban J connectivity index is 2.63. The molecule has 0 fully saturated rings. The van der Waals surface area contributed by atoms with Crippen molar-refractivity contribution in [3.63, 3.8) is 0 Å². The lowest BCUT2D eigenvalue weighted by molar-refractivity contribution is 0.415. The number of aromatic nitrogens is 2. The van der Waals surface area contributed by atoms with Gasteiger partial charge >= 0.3 is 0 Å². The van der Waals surface area contributed by atoms with Gasteiger partial charge in [0.15, 0.2) is 0 Å². The molecule has 6 heteroatoms. The third kappa shape index (κ3) is 2.63. The molecule has 2 aromatic rings. The van der Waals surface area contributed by atoms with Crippen molar-refractivity contribution in [1.82, 2.24) is 9.97 Å². The Labute approximate surface area is 121 Å². The highest BCUT2D eigenvalue weighted by atomic mass is 35.5. The Kier molecular flexibility index (Phi) is 4.29. The summed E-state index contributed by atoms with van der Waals surface area (Å²) in [6, 6.07) is 5.10. The average molecular weight is 295 g/mol. The zero-order valence-electron chi connectivity index (χ0n) is 11.2. The molecule has 0 aliphatic rings. The Hall–Kier alpha value is -2.01. The van der Waals surface area contributed by atoms with Crippen LogP contribution in [0.3, 0.4) is 0 Å². The first kappa shape index (κ1) is 14.4. The van der Waals surface area contributed by atoms with Gasteiger partial charge in [0.05, 0.1) is 23.3 Å². The summed E-state index contributed by atoms with van der Waals surface area (Å²) >= 11 is 6.12. The molecule has 20 heavy (non-hydrogen) atoms. The molecular formula is C14H15ClN2O3. The van der Waals surface area contributed by atoms with Crippen LogP contribution in [0.15, 0.2) is 23.0 Å². The van der Waals surface area contributed by atoms with Gasteiger partial charge in [-0.3, -0.25) is 4.79 Å². The van der Waals surface area contributed by atoms with Gasteiger partial charge in [0.2, 0.25) is 5.88 Å². The number of hydrogen-bond acceptors (Lipinski definition) is 4. The molecule has 1 aromatic heterocycles. The zero-order chi connectivity index (χ0) is 14.7. The van der Waals surface area contributed by atoms with Crippen LogP contribution in [0.1, 0.15) is 18.9 Å². The molecule has 0 radical (unpaired) electrons. The van der Waals surface area contributed by atoms with Crippen LogP contribution in [-0.2, 0) is 6.42 Å². The highest BCUT2D eigenvalue weighted by molar-refractivity contribution is 6.33. The number of ether oxygens (including phenoxy) is 1. The fraction of sp³-hybridized carbons (Fsp3) is 0.286. The van der Waals surface area contributed by atoms with E-state index in [-0.39, 0.29) is 22.8 Å². The second-order valence-corrected chi connectivity index (χ2v) is 4.69. The van der Waals surface area contributed by atoms with E-state index in [1.54, 1.807) is 18.2 Å². The van der Waals surface area contributed by atoms with E-state index in [9.17, 15) is 9.90 Å². The second-order valence-electron chi connectivity index (χ2n) is 4.28. The number of H-pyrrole nitrogens is 1. The number of rotatable bonds is 4. The molecule has 106 valence electrons. The van der Waals surface area contributed by atoms with Crippen LogP contribution >= 0.6 is 11.6 Å². The number of methoxy groups -OCH3 is 1. The van der Waals surface area contributed by atoms with Crippen LogP contribution in [0.25, 0.3) is 11.4 Å². The van der Waals surface area contributed by atoms with Crippen LogP contribution in [0.4, 0.5) is 0 Å². The lowest BCUT2D eigenvalue weighted by atomic mass is 10.1. The molecule has 0 aliphatic carbocycles. The predicted octanol–water partition coefficient (Wildman–Crippen LogP) is 2.76. The minimum absolute atomic E-state index is 0.190. The van der Waals surface area contributed by atoms with Crippen molar-refractivity contribution < 1.29 is 9.84 Å². The molecule has 0 saturated carbocycles. The molecule has 0 bridgehead atoms. The average Bonchev–Trinajstić information content (AvgIpc) is 2.42. The van der Waals surface area contributed by atoms with Crippen molar-refractivity contribution in [3.05, 3.63) is 39.1 Å². The number of aromatic hydroxyl groups is 1. The Morgan fingerprint density at radius 3 is 2.80 bits per heavy atom. The van der Waals surface area contributed by atoms with Crippen LogP contribution < -0.4 is 10.3 Å². The summed E-state index contributed by atoms with van der Waals surface area (Å²) in [5, 5.41) is 10.3. The van der Waals surface area contributed by atoms with Crippen molar-refractivity contribution in [2.45, 2.75) is 19.8 Å². The Morgan fingerprint density at radius 2 is 2.20 bits per heavy atom. The molecule has 0 unspecified atom stereocenters. The predicted molar refractivity (Wildman–Crippen MR) is 77.5 cm³/mol. The summed E-state index contributed by atoms with van der Waals surface area (Å²) in [5.74, 6) is 0.394. The van der Waals surface area contributed by atoms with E-state index in [1.807, 2.05) is 6.92 Å². The fourth-order valence-corrected chi connectivity index (χ4v) is 2.24. The monoisotopic (exact) mass is 294 g/mol. The van der Waals surface area contributed by atoms with E-state index in [2.05, 4.69) is 9.97 Å². The van der Waals surface area contributed by atoms with Crippen LogP contribution in [0.5, 0.6) is 11.6 Å². The Bertz CT molecular complexity index is 683. The van der Waals surface area contributed by atoms with Gasteiger partial charge in [-0.15, -0.1) is 0 Å². The quantitative estimate of drug-likeness (QED) is 0.909. The summed E-state index contributed by atoms with van der Waals surface area (Å²) in [6.07, 6.45) is 1.21. The largest absolute Gasteiger partial charge is 0.496 e. The molecule has 2 N–H and O–H groups in total. The van der Waals surface area contributed by atoms with Gasteiger partial charge < -0.3 is 14.8 Å². The number of nitrogens with one attached hydrogen (secondary N) is 1. The standard InChI is InChI=1S/C14H15ClN2O3/c1-3-5-8-13(18)16-12(17-14(8)19)11-9(15)6-4-7-10(11)20-2/h4,6-7H,3,5H2,1-2H3,(H2,16,17,18,19). The smallest absolute Gasteiger partial charge is 0.258 e. The number of halogens is 1. The van der Waals surface area contributed by atoms with E-state index in [0.29, 0.717) is 22.8 Å². The molecule has 0 spiro atoms. The van der Waals surface area contributed by atoms with Gasteiger partial charge in [0.25, 0.3) is 5.56 Å². The van der Waals surface area contributed by atoms with Crippen molar-refractivity contribution in [2.24, 2.45) is 0 Å². The van der Waals surface area contributed by atoms with Gasteiger partial charge in [0.1, 0.15) is 11.6 Å². The van der Waals surface area contributed by atoms with Gasteiger partial charge in [0, 0.05) is 0 Å². The first-order valence-corrected chi connectivity index (χ1v) is 6.61. The minimum Gasteiger partial charge on any atom is -0.496 e. The fourth-order valence-electron chi connectivity index (χ4n) is 1.98. The molecule has 2 rings (SSSR count). The maximum Gasteiger partial charge on any atom is 0.258 e. The normalized spacial score (nSPS) is 10.6. The summed E-state index contributed by atoms with van der Waals surface area (Å²) in [5.41, 5.74) is 0.366. The topological polar surface area (TPSA) is 75.2 Å². The molecule has 5 nitrogen and oxygen atoms in total. The van der Waals surface area contributed by atoms with E-state index < -0.39 is 0 Å². The second kappa shape index (κ2) is 5.96. The van der Waals surface area contributed by atoms with Crippen LogP contribution in [0.2, 0.25) is 5.02 Å². The third-order valence-corrected chi connectivity index (χ3v) is 3.24. The minimum atomic E-state index is -0.365. The van der Waals surface area contributed by atoms with E-state index >= 15 is 0 Å². The third-order valence-electron chi connectivity index (χ3n) is 2.93. The number of hydrogen-bond donors (Lipinski definition) is 2. The molecule has 0 saturated heterocycles. The van der Waals surface area contributed by atoms with Crippen molar-refractivity contribution in [2.75, 3.05) is 7.11 Å². The van der Waals surface area contributed by atoms with Crippen molar-refractivity contribution in [3.8, 4) is 23.0 Å². The number of benzene rings is 1. The zero-order valence-corrected chi connectivity index (χ0v) is 12.0. The first-order chi connectivity index (χ1) is 9.58. The number of nitrogens with zero attached hydrogens (tertiary/aromatic N) is 1. The van der Waals surface area contributed by atoms with E-state index in [4.69, 9.17) is 16.3 Å². The van der Waals surface area contributed by atoms with Crippen molar-refractivity contribution in [1.29, 1.82) is 0 Å². The Morgan fingerprint density at radius 1 is 1.45 bits per heavy atom. The van der Waals surface area contributed by atoms with E-state index in [0.717, 1.165) is 6.42 Å². The SMILES string of the molecule is CCCc1c(O)nc(-c2c(Cl)cccc2OC)[nH]c1=O. The highest BCUT2D eigenvalue weighted by Crippen LogP contribution is 2.34. The van der Waals surface area contributed by atoms with Gasteiger partial charge in [-0.1, -0.05) is 31.0 Å². The lowest BCUT2D eigenvalue weighted by Crippen LogP contribution is -2.15. The van der Waals surface area contributed by atoms with Gasteiger partial charge in [-0.25, -0.2) is 0 Å². The molecule has 0 aliphatic heterocycles. The lowest BCUT2D eigenvalue weighted by Gasteiger charge is -2.10.